The molecule has 0 bridgehead atoms. The zero-order valence-electron chi connectivity index (χ0n) is 6.15. The fraction of sp³-hybridized carbons (Fsp3) is 0. The third-order valence-electron chi connectivity index (χ3n) is 1.67. The van der Waals surface area contributed by atoms with Crippen molar-refractivity contribution in [2.24, 2.45) is 0 Å². The quantitative estimate of drug-likeness (QED) is 0.422. The molecule has 0 spiro atoms. The van der Waals surface area contributed by atoms with Crippen LogP contribution in [0.5, 0.6) is 0 Å². The van der Waals surface area contributed by atoms with Gasteiger partial charge in [0.2, 0.25) is 0 Å². The minimum atomic E-state index is 0.917. The Balaban J connectivity index is 2.92. The highest BCUT2D eigenvalue weighted by Crippen LogP contribution is 2.05. The summed E-state index contributed by atoms with van der Waals surface area (Å²) >= 11 is 4.32. The summed E-state index contributed by atoms with van der Waals surface area (Å²) in [5.41, 5.74) is 1.93. The average Bonchev–Trinajstić information content (AvgIpc) is 2.30. The van der Waals surface area contributed by atoms with Crippen molar-refractivity contribution < 1.29 is 0 Å². The van der Waals surface area contributed by atoms with Crippen molar-refractivity contribution in [2.75, 3.05) is 0 Å². The van der Waals surface area contributed by atoms with E-state index in [0.29, 0.717) is 0 Å². The molecule has 0 saturated carbocycles. The van der Waals surface area contributed by atoms with Gasteiger partial charge in [0.05, 0.1) is 5.03 Å². The molecule has 11 heavy (non-hydrogen) atoms. The third kappa shape index (κ3) is 0.941. The Labute approximate surface area is 71.1 Å². The second-order valence-corrected chi connectivity index (χ2v) is 2.87. The van der Waals surface area contributed by atoms with Crippen LogP contribution in [0.15, 0.2) is 29.4 Å². The van der Waals surface area contributed by atoms with Gasteiger partial charge in [-0.05, 0) is 12.1 Å². The Morgan fingerprint density at radius 1 is 1.45 bits per heavy atom. The first-order valence-corrected chi connectivity index (χ1v) is 3.86. The molecule has 0 amide bonds. The molecule has 54 valence electrons. The first kappa shape index (κ1) is 6.79. The fourth-order valence-corrected chi connectivity index (χ4v) is 1.32. The number of hydrogen-bond donors (Lipinski definition) is 1. The number of aromatic nitrogens is 2. The van der Waals surface area contributed by atoms with Crippen molar-refractivity contribution in [3.05, 3.63) is 24.4 Å². The molecule has 0 unspecified atom stereocenters. The van der Waals surface area contributed by atoms with Gasteiger partial charge in [-0.3, -0.25) is 4.40 Å². The van der Waals surface area contributed by atoms with Crippen molar-refractivity contribution in [1.82, 2.24) is 9.38 Å². The standard InChI is InChI=1S/C7H7BN2S/c8-6-7(11)10-4-2-1-3-5(10)9-6/h1-4,11H,8H2. The van der Waals surface area contributed by atoms with Crippen molar-refractivity contribution in [2.45, 2.75) is 5.03 Å². The zero-order chi connectivity index (χ0) is 7.84. The summed E-state index contributed by atoms with van der Waals surface area (Å²) in [6, 6.07) is 5.90. The van der Waals surface area contributed by atoms with E-state index in [1.165, 1.54) is 0 Å². The third-order valence-corrected chi connectivity index (χ3v) is 2.21. The molecule has 0 atom stereocenters. The lowest BCUT2D eigenvalue weighted by Crippen LogP contribution is -2.04. The summed E-state index contributed by atoms with van der Waals surface area (Å²) in [6.07, 6.45) is 1.96. The maximum Gasteiger partial charge on any atom is 0.167 e. The molecule has 0 aromatic carbocycles. The van der Waals surface area contributed by atoms with Gasteiger partial charge >= 0.3 is 0 Å². The number of nitrogens with zero attached hydrogens (tertiary/aromatic N) is 2. The number of rotatable bonds is 0. The van der Waals surface area contributed by atoms with Crippen LogP contribution < -0.4 is 5.59 Å². The predicted molar refractivity (Wildman–Crippen MR) is 50.6 cm³/mol. The molecule has 0 aliphatic carbocycles. The van der Waals surface area contributed by atoms with Gasteiger partial charge in [-0.2, -0.15) is 0 Å². The van der Waals surface area contributed by atoms with Gasteiger partial charge in [-0.1, -0.05) is 6.07 Å². The Morgan fingerprint density at radius 2 is 2.27 bits per heavy atom. The summed E-state index contributed by atoms with van der Waals surface area (Å²) in [6.45, 7) is 0. The normalized spacial score (nSPS) is 10.6. The van der Waals surface area contributed by atoms with E-state index < -0.39 is 0 Å². The number of fused-ring (bicyclic) bond motifs is 1. The van der Waals surface area contributed by atoms with Crippen LogP contribution >= 0.6 is 12.6 Å². The molecule has 2 aromatic rings. The summed E-state index contributed by atoms with van der Waals surface area (Å²) < 4.78 is 1.96. The molecule has 0 aliphatic heterocycles. The highest BCUT2D eigenvalue weighted by Gasteiger charge is 2.01. The Hall–Kier alpha value is -0.895. The lowest BCUT2D eigenvalue weighted by molar-refractivity contribution is 1.06. The van der Waals surface area contributed by atoms with Gasteiger partial charge in [0.25, 0.3) is 0 Å². The van der Waals surface area contributed by atoms with Gasteiger partial charge in [0.15, 0.2) is 7.85 Å². The highest BCUT2D eigenvalue weighted by atomic mass is 32.1. The molecular weight excluding hydrogens is 155 g/mol. The second kappa shape index (κ2) is 2.31. The van der Waals surface area contributed by atoms with Gasteiger partial charge < -0.3 is 0 Å². The van der Waals surface area contributed by atoms with Crippen LogP contribution in [0.3, 0.4) is 0 Å². The van der Waals surface area contributed by atoms with E-state index in [2.05, 4.69) is 17.6 Å². The Morgan fingerprint density at radius 3 is 3.00 bits per heavy atom. The lowest BCUT2D eigenvalue weighted by atomic mass is 10.1. The monoisotopic (exact) mass is 162 g/mol. The fourth-order valence-electron chi connectivity index (χ4n) is 1.10. The molecular formula is C7H7BN2S. The van der Waals surface area contributed by atoms with Crippen LogP contribution in [0.1, 0.15) is 0 Å². The first-order chi connectivity index (χ1) is 5.29. The Bertz CT molecular complexity index is 396. The van der Waals surface area contributed by atoms with E-state index in [-0.39, 0.29) is 0 Å². The maximum absolute atomic E-state index is 4.32. The van der Waals surface area contributed by atoms with Crippen LogP contribution in [0.4, 0.5) is 0 Å². The van der Waals surface area contributed by atoms with Gasteiger partial charge in [-0.15, -0.1) is 12.6 Å². The van der Waals surface area contributed by atoms with E-state index in [0.717, 1.165) is 16.3 Å². The molecule has 0 aliphatic rings. The molecule has 2 heterocycles. The van der Waals surface area contributed by atoms with Gasteiger partial charge in [-0.25, -0.2) is 4.98 Å². The molecule has 4 heteroatoms. The summed E-state index contributed by atoms with van der Waals surface area (Å²) in [4.78, 5) is 4.30. The van der Waals surface area contributed by atoms with Crippen LogP contribution in [-0.2, 0) is 0 Å². The average molecular weight is 162 g/mol. The molecule has 0 radical (unpaired) electrons. The van der Waals surface area contributed by atoms with Crippen LogP contribution in [0.2, 0.25) is 0 Å². The minimum Gasteiger partial charge on any atom is -0.295 e. The molecule has 0 fully saturated rings. The van der Waals surface area contributed by atoms with Gasteiger partial charge in [0, 0.05) is 11.8 Å². The van der Waals surface area contributed by atoms with Crippen molar-refractivity contribution >= 4 is 31.7 Å². The molecule has 2 nitrogen and oxygen atoms in total. The van der Waals surface area contributed by atoms with Gasteiger partial charge in [0.1, 0.15) is 5.65 Å². The summed E-state index contributed by atoms with van der Waals surface area (Å²) in [5.74, 6) is 0. The van der Waals surface area contributed by atoms with Crippen molar-refractivity contribution in [3.8, 4) is 0 Å². The van der Waals surface area contributed by atoms with E-state index in [1.807, 2.05) is 36.6 Å². The van der Waals surface area contributed by atoms with Crippen molar-refractivity contribution in [1.29, 1.82) is 0 Å². The zero-order valence-corrected chi connectivity index (χ0v) is 7.05. The van der Waals surface area contributed by atoms with E-state index in [9.17, 15) is 0 Å². The lowest BCUT2D eigenvalue weighted by Gasteiger charge is -1.92. The largest absolute Gasteiger partial charge is 0.295 e. The minimum absolute atomic E-state index is 0.917. The number of hydrogen-bond acceptors (Lipinski definition) is 2. The number of thiol groups is 1. The van der Waals surface area contributed by atoms with E-state index >= 15 is 0 Å². The summed E-state index contributed by atoms with van der Waals surface area (Å²) in [5, 5.41) is 0.917. The molecule has 0 N–H and O–H groups in total. The molecule has 2 aromatic heterocycles. The first-order valence-electron chi connectivity index (χ1n) is 3.41. The molecule has 2 rings (SSSR count). The summed E-state index contributed by atoms with van der Waals surface area (Å²) in [7, 11) is 1.95. The highest BCUT2D eigenvalue weighted by molar-refractivity contribution is 7.80. The predicted octanol–water partition coefficient (Wildman–Crippen LogP) is -0.119. The number of pyridine rings is 1. The Kier molecular flexibility index (Phi) is 1.42. The van der Waals surface area contributed by atoms with Crippen LogP contribution in [-0.4, -0.2) is 17.2 Å². The van der Waals surface area contributed by atoms with E-state index in [4.69, 9.17) is 0 Å². The van der Waals surface area contributed by atoms with Crippen molar-refractivity contribution in [3.63, 3.8) is 0 Å². The van der Waals surface area contributed by atoms with Crippen LogP contribution in [0.25, 0.3) is 5.65 Å². The maximum atomic E-state index is 4.32. The smallest absolute Gasteiger partial charge is 0.167 e. The SMILES string of the molecule is Bc1nc2ccccn2c1S. The topological polar surface area (TPSA) is 17.3 Å². The second-order valence-electron chi connectivity index (χ2n) is 2.45. The van der Waals surface area contributed by atoms with Crippen LogP contribution in [0, 0.1) is 0 Å². The molecule has 0 saturated heterocycles. The van der Waals surface area contributed by atoms with E-state index in [1.54, 1.807) is 0 Å². The number of imidazole rings is 1.